The Morgan fingerprint density at radius 3 is 1.10 bits per heavy atom. The summed E-state index contributed by atoms with van der Waals surface area (Å²) in [4.78, 5) is 0. The van der Waals surface area contributed by atoms with Crippen LogP contribution in [0, 0.1) is 0 Å². The van der Waals surface area contributed by atoms with Crippen molar-refractivity contribution in [1.29, 1.82) is 0 Å². The topological polar surface area (TPSA) is 42.5 Å². The summed E-state index contributed by atoms with van der Waals surface area (Å²) in [6.07, 6.45) is 11.5. The standard InChI is InChI=1S/C16H30N2O2/c1-2-14(20-16-7-11-18-12-8-16)4-3-13(1)19-15-5-9-17-10-6-15/h13-18H,1-12H2/t13-,14-. The smallest absolute Gasteiger partial charge is 0.0603 e. The largest absolute Gasteiger partial charge is 0.375 e. The Balaban J connectivity index is 1.33. The van der Waals surface area contributed by atoms with Gasteiger partial charge in [-0.25, -0.2) is 0 Å². The number of hydrogen-bond donors (Lipinski definition) is 2. The summed E-state index contributed by atoms with van der Waals surface area (Å²) in [5, 5.41) is 6.80. The fourth-order valence-electron chi connectivity index (χ4n) is 3.71. The monoisotopic (exact) mass is 282 g/mol. The molecule has 3 rings (SSSR count). The van der Waals surface area contributed by atoms with Gasteiger partial charge < -0.3 is 20.1 Å². The quantitative estimate of drug-likeness (QED) is 0.825. The van der Waals surface area contributed by atoms with Gasteiger partial charge in [-0.1, -0.05) is 0 Å². The van der Waals surface area contributed by atoms with E-state index < -0.39 is 0 Å². The number of rotatable bonds is 4. The van der Waals surface area contributed by atoms with Crippen LogP contribution in [0.5, 0.6) is 0 Å². The molecule has 0 aromatic carbocycles. The highest BCUT2D eigenvalue weighted by atomic mass is 16.5. The second kappa shape index (κ2) is 7.74. The van der Waals surface area contributed by atoms with E-state index in [4.69, 9.17) is 9.47 Å². The molecule has 1 aliphatic carbocycles. The zero-order valence-corrected chi connectivity index (χ0v) is 12.6. The molecule has 0 radical (unpaired) electrons. The molecule has 0 amide bonds. The zero-order chi connectivity index (χ0) is 13.6. The molecule has 20 heavy (non-hydrogen) atoms. The first-order valence-corrected chi connectivity index (χ1v) is 8.62. The van der Waals surface area contributed by atoms with Crippen molar-refractivity contribution < 1.29 is 9.47 Å². The summed E-state index contributed by atoms with van der Waals surface area (Å²) in [6.45, 7) is 4.50. The summed E-state index contributed by atoms with van der Waals surface area (Å²) < 4.78 is 12.5. The molecule has 0 bridgehead atoms. The molecule has 4 nitrogen and oxygen atoms in total. The van der Waals surface area contributed by atoms with E-state index in [1.54, 1.807) is 0 Å². The second-order valence-electron chi connectivity index (χ2n) is 6.57. The van der Waals surface area contributed by atoms with Gasteiger partial charge in [0.05, 0.1) is 24.4 Å². The van der Waals surface area contributed by atoms with Crippen LogP contribution >= 0.6 is 0 Å². The Morgan fingerprint density at radius 1 is 0.450 bits per heavy atom. The summed E-state index contributed by atoms with van der Waals surface area (Å²) in [6, 6.07) is 0. The molecule has 1 saturated carbocycles. The van der Waals surface area contributed by atoms with Crippen LogP contribution in [-0.4, -0.2) is 50.6 Å². The van der Waals surface area contributed by atoms with E-state index in [-0.39, 0.29) is 0 Å². The Labute approximate surface area is 123 Å². The molecular formula is C16H30N2O2. The van der Waals surface area contributed by atoms with Gasteiger partial charge in [0.25, 0.3) is 0 Å². The predicted molar refractivity (Wildman–Crippen MR) is 80.0 cm³/mol. The molecule has 0 aromatic heterocycles. The fourth-order valence-corrected chi connectivity index (χ4v) is 3.71. The van der Waals surface area contributed by atoms with Gasteiger partial charge in [-0.05, 0) is 77.5 Å². The minimum absolute atomic E-state index is 0.492. The summed E-state index contributed by atoms with van der Waals surface area (Å²) in [7, 11) is 0. The lowest BCUT2D eigenvalue weighted by Gasteiger charge is -2.35. The van der Waals surface area contributed by atoms with Gasteiger partial charge in [0.2, 0.25) is 0 Å². The van der Waals surface area contributed by atoms with Gasteiger partial charge in [0, 0.05) is 0 Å². The van der Waals surface area contributed by atoms with Crippen molar-refractivity contribution in [2.45, 2.75) is 75.8 Å². The third kappa shape index (κ3) is 4.42. The van der Waals surface area contributed by atoms with Gasteiger partial charge in [0.1, 0.15) is 0 Å². The van der Waals surface area contributed by atoms with Gasteiger partial charge in [-0.2, -0.15) is 0 Å². The molecule has 0 aromatic rings. The van der Waals surface area contributed by atoms with Crippen LogP contribution in [0.15, 0.2) is 0 Å². The molecule has 3 fully saturated rings. The van der Waals surface area contributed by atoms with E-state index >= 15 is 0 Å². The predicted octanol–water partition coefficient (Wildman–Crippen LogP) is 1.83. The van der Waals surface area contributed by atoms with E-state index in [0.717, 1.165) is 26.2 Å². The Morgan fingerprint density at radius 2 is 0.750 bits per heavy atom. The van der Waals surface area contributed by atoms with Crippen LogP contribution in [-0.2, 0) is 9.47 Å². The summed E-state index contributed by atoms with van der Waals surface area (Å²) >= 11 is 0. The second-order valence-corrected chi connectivity index (χ2v) is 6.57. The highest BCUT2D eigenvalue weighted by Gasteiger charge is 2.27. The Kier molecular flexibility index (Phi) is 5.71. The lowest BCUT2D eigenvalue weighted by molar-refractivity contribution is -0.0895. The van der Waals surface area contributed by atoms with Crippen LogP contribution in [0.25, 0.3) is 0 Å². The van der Waals surface area contributed by atoms with Crippen molar-refractivity contribution in [1.82, 2.24) is 10.6 Å². The minimum Gasteiger partial charge on any atom is -0.375 e. The van der Waals surface area contributed by atoms with Gasteiger partial charge in [-0.15, -0.1) is 0 Å². The maximum Gasteiger partial charge on any atom is 0.0603 e. The maximum atomic E-state index is 6.26. The molecule has 3 aliphatic rings. The minimum atomic E-state index is 0.492. The van der Waals surface area contributed by atoms with E-state index in [1.807, 2.05) is 0 Å². The van der Waals surface area contributed by atoms with E-state index in [2.05, 4.69) is 10.6 Å². The average Bonchev–Trinajstić information content (AvgIpc) is 2.51. The molecule has 0 spiro atoms. The van der Waals surface area contributed by atoms with Crippen LogP contribution in [0.2, 0.25) is 0 Å². The molecule has 2 heterocycles. The Hall–Kier alpha value is -0.160. The molecule has 2 saturated heterocycles. The summed E-state index contributed by atoms with van der Waals surface area (Å²) in [5.41, 5.74) is 0. The normalized spacial score (nSPS) is 34.2. The lowest BCUT2D eigenvalue weighted by atomic mass is 9.94. The molecule has 2 aliphatic heterocycles. The van der Waals surface area contributed by atoms with Gasteiger partial charge in [0.15, 0.2) is 0 Å². The average molecular weight is 282 g/mol. The van der Waals surface area contributed by atoms with Crippen LogP contribution in [0.4, 0.5) is 0 Å². The summed E-state index contributed by atoms with van der Waals surface area (Å²) in [5.74, 6) is 0. The molecule has 4 heteroatoms. The number of hydrogen-bond acceptors (Lipinski definition) is 4. The highest BCUT2D eigenvalue weighted by Crippen LogP contribution is 2.27. The number of ether oxygens (including phenoxy) is 2. The third-order valence-electron chi connectivity index (χ3n) is 4.96. The Bertz CT molecular complexity index is 240. The molecule has 116 valence electrons. The van der Waals surface area contributed by atoms with Crippen LogP contribution in [0.1, 0.15) is 51.4 Å². The number of nitrogens with one attached hydrogen (secondary N) is 2. The number of piperidine rings is 2. The molecule has 0 unspecified atom stereocenters. The van der Waals surface area contributed by atoms with Crippen molar-refractivity contribution in [2.24, 2.45) is 0 Å². The van der Waals surface area contributed by atoms with Crippen LogP contribution in [0.3, 0.4) is 0 Å². The van der Waals surface area contributed by atoms with Crippen molar-refractivity contribution in [3.63, 3.8) is 0 Å². The third-order valence-corrected chi connectivity index (χ3v) is 4.96. The highest BCUT2D eigenvalue weighted by molar-refractivity contribution is 4.78. The molecule has 2 N–H and O–H groups in total. The lowest BCUT2D eigenvalue weighted by Crippen LogP contribution is -2.38. The van der Waals surface area contributed by atoms with Crippen LogP contribution < -0.4 is 10.6 Å². The first-order valence-electron chi connectivity index (χ1n) is 8.62. The first kappa shape index (κ1) is 14.8. The SMILES string of the molecule is C1CC(O[C@H]2CC[C@H](OC3CCNCC3)CC2)CCN1. The van der Waals surface area contributed by atoms with Crippen molar-refractivity contribution >= 4 is 0 Å². The molecular weight excluding hydrogens is 252 g/mol. The van der Waals surface area contributed by atoms with E-state index in [9.17, 15) is 0 Å². The maximum absolute atomic E-state index is 6.26. The van der Waals surface area contributed by atoms with E-state index in [1.165, 1.54) is 51.4 Å². The fraction of sp³-hybridized carbons (Fsp3) is 1.00. The first-order chi connectivity index (χ1) is 9.90. The van der Waals surface area contributed by atoms with Gasteiger partial charge in [-0.3, -0.25) is 0 Å². The van der Waals surface area contributed by atoms with Crippen molar-refractivity contribution in [3.8, 4) is 0 Å². The molecule has 0 atom stereocenters. The van der Waals surface area contributed by atoms with Crippen molar-refractivity contribution in [3.05, 3.63) is 0 Å². The zero-order valence-electron chi connectivity index (χ0n) is 12.6. The van der Waals surface area contributed by atoms with E-state index in [0.29, 0.717) is 24.4 Å². The van der Waals surface area contributed by atoms with Gasteiger partial charge >= 0.3 is 0 Å². The van der Waals surface area contributed by atoms with Crippen molar-refractivity contribution in [2.75, 3.05) is 26.2 Å².